The number of hydrogen-bond donors (Lipinski definition) is 0. The van der Waals surface area contributed by atoms with Crippen molar-refractivity contribution in [2.45, 2.75) is 44.7 Å². The monoisotopic (exact) mass is 566 g/mol. The van der Waals surface area contributed by atoms with Gasteiger partial charge in [0.05, 0.1) is 6.54 Å². The molecule has 1 amide bonds. The fraction of sp³-hybridized carbons (Fsp3) is 0.267. The molecule has 11 heteroatoms. The van der Waals surface area contributed by atoms with Gasteiger partial charge in [-0.15, -0.1) is 10.2 Å². The Kier molecular flexibility index (Phi) is 6.43. The summed E-state index contributed by atoms with van der Waals surface area (Å²) in [6.07, 6.45) is 4.30. The minimum Gasteiger partial charge on any atom is -0.457 e. The number of ether oxygens (including phenoxy) is 1. The van der Waals surface area contributed by atoms with E-state index >= 15 is 0 Å². The van der Waals surface area contributed by atoms with Crippen molar-refractivity contribution in [2.24, 2.45) is 0 Å². The Hall–Kier alpha value is -4.64. The fourth-order valence-corrected chi connectivity index (χ4v) is 5.75. The summed E-state index contributed by atoms with van der Waals surface area (Å²) in [6, 6.07) is 18.7. The van der Waals surface area contributed by atoms with Crippen LogP contribution in [0.15, 0.2) is 76.2 Å². The Morgan fingerprint density at radius 2 is 1.85 bits per heavy atom. The van der Waals surface area contributed by atoms with E-state index in [1.54, 1.807) is 16.8 Å². The molecule has 0 bridgehead atoms. The maximum absolute atomic E-state index is 12.4. The Morgan fingerprint density at radius 1 is 1.02 bits per heavy atom. The third-order valence-electron chi connectivity index (χ3n) is 7.36. The number of hydrogen-bond acceptors (Lipinski definition) is 9. The van der Waals surface area contributed by atoms with Crippen LogP contribution in [-0.2, 0) is 11.3 Å². The first kappa shape index (κ1) is 25.3. The molecular formula is C30H26N6O4S. The second-order valence-corrected chi connectivity index (χ2v) is 11.6. The summed E-state index contributed by atoms with van der Waals surface area (Å²) in [5.74, 6) is 2.18. The molecule has 2 fully saturated rings. The first-order valence-electron chi connectivity index (χ1n) is 13.5. The van der Waals surface area contributed by atoms with Crippen LogP contribution in [0.4, 0.5) is 0 Å². The van der Waals surface area contributed by atoms with E-state index in [-0.39, 0.29) is 17.4 Å². The summed E-state index contributed by atoms with van der Waals surface area (Å²) in [5, 5.41) is 14.3. The van der Waals surface area contributed by atoms with Crippen molar-refractivity contribution in [3.05, 3.63) is 93.6 Å². The van der Waals surface area contributed by atoms with Crippen LogP contribution >= 0.6 is 11.3 Å². The van der Waals surface area contributed by atoms with E-state index in [0.717, 1.165) is 34.0 Å². The third-order valence-corrected chi connectivity index (χ3v) is 8.25. The van der Waals surface area contributed by atoms with Gasteiger partial charge in [0.15, 0.2) is 5.82 Å². The Bertz CT molecular complexity index is 1790. The van der Waals surface area contributed by atoms with E-state index in [4.69, 9.17) is 9.26 Å². The molecule has 1 saturated heterocycles. The van der Waals surface area contributed by atoms with Gasteiger partial charge in [-0.1, -0.05) is 28.6 Å². The molecule has 1 atom stereocenters. The predicted octanol–water partition coefficient (Wildman–Crippen LogP) is 5.04. The van der Waals surface area contributed by atoms with Crippen molar-refractivity contribution < 1.29 is 14.1 Å². The number of nitrogens with zero attached hydrogens (tertiary/aromatic N) is 6. The van der Waals surface area contributed by atoms with Gasteiger partial charge in [-0.3, -0.25) is 9.59 Å². The minimum atomic E-state index is -0.105. The Morgan fingerprint density at radius 3 is 2.61 bits per heavy atom. The van der Waals surface area contributed by atoms with Crippen LogP contribution in [0.2, 0.25) is 0 Å². The van der Waals surface area contributed by atoms with Crippen LogP contribution in [0, 0.1) is 6.92 Å². The molecule has 206 valence electrons. The summed E-state index contributed by atoms with van der Waals surface area (Å²) >= 11 is 1.53. The van der Waals surface area contributed by atoms with Crippen LogP contribution in [0.3, 0.4) is 0 Å². The quantitative estimate of drug-likeness (QED) is 0.256. The summed E-state index contributed by atoms with van der Waals surface area (Å²) in [7, 11) is 0. The van der Waals surface area contributed by atoms with Gasteiger partial charge >= 0.3 is 0 Å². The highest BCUT2D eigenvalue weighted by molar-refractivity contribution is 7.14. The van der Waals surface area contributed by atoms with Crippen molar-refractivity contribution in [1.29, 1.82) is 0 Å². The largest absolute Gasteiger partial charge is 0.457 e. The van der Waals surface area contributed by atoms with E-state index in [1.807, 2.05) is 60.4 Å². The van der Waals surface area contributed by atoms with Gasteiger partial charge in [-0.25, -0.2) is 0 Å². The first-order valence-corrected chi connectivity index (χ1v) is 14.3. The number of benzene rings is 2. The smallest absolute Gasteiger partial charge is 0.258 e. The number of carbonyl (C=O) groups excluding carboxylic acids is 1. The van der Waals surface area contributed by atoms with Gasteiger partial charge in [-0.05, 0) is 62.2 Å². The van der Waals surface area contributed by atoms with Crippen molar-refractivity contribution in [3.63, 3.8) is 0 Å². The first-order chi connectivity index (χ1) is 20.0. The van der Waals surface area contributed by atoms with E-state index in [1.165, 1.54) is 17.4 Å². The van der Waals surface area contributed by atoms with E-state index in [0.29, 0.717) is 54.3 Å². The van der Waals surface area contributed by atoms with E-state index in [2.05, 4.69) is 20.3 Å². The molecule has 1 saturated carbocycles. The van der Waals surface area contributed by atoms with Crippen molar-refractivity contribution in [1.82, 2.24) is 29.8 Å². The average molecular weight is 567 g/mol. The summed E-state index contributed by atoms with van der Waals surface area (Å²) in [5.41, 5.74) is 2.35. The van der Waals surface area contributed by atoms with Crippen LogP contribution < -0.4 is 10.3 Å². The highest BCUT2D eigenvalue weighted by atomic mass is 32.1. The molecule has 1 aliphatic carbocycles. The average Bonchev–Trinajstić information content (AvgIpc) is 3.34. The zero-order valence-electron chi connectivity index (χ0n) is 22.3. The van der Waals surface area contributed by atoms with E-state index in [9.17, 15) is 9.59 Å². The lowest BCUT2D eigenvalue weighted by Crippen LogP contribution is -2.27. The molecular weight excluding hydrogens is 540 g/mol. The molecule has 3 aromatic heterocycles. The molecule has 10 nitrogen and oxygen atoms in total. The maximum atomic E-state index is 12.4. The van der Waals surface area contributed by atoms with Gasteiger partial charge in [-0.2, -0.15) is 4.98 Å². The molecule has 1 aliphatic heterocycles. The fourth-order valence-electron chi connectivity index (χ4n) is 5.06. The van der Waals surface area contributed by atoms with Crippen molar-refractivity contribution >= 4 is 17.2 Å². The maximum Gasteiger partial charge on any atom is 0.258 e. The lowest BCUT2D eigenvalue weighted by Gasteiger charge is -2.14. The molecule has 2 aliphatic rings. The summed E-state index contributed by atoms with van der Waals surface area (Å²) in [6.45, 7) is 2.88. The van der Waals surface area contributed by atoms with Crippen molar-refractivity contribution in [2.75, 3.05) is 6.54 Å². The van der Waals surface area contributed by atoms with Gasteiger partial charge in [0.2, 0.25) is 5.91 Å². The molecule has 0 unspecified atom stereocenters. The van der Waals surface area contributed by atoms with Gasteiger partial charge in [0.1, 0.15) is 21.5 Å². The number of aryl methyl sites for hydroxylation is 1. The molecule has 0 radical (unpaired) electrons. The van der Waals surface area contributed by atoms with Crippen LogP contribution in [0.5, 0.6) is 11.5 Å². The number of amides is 1. The van der Waals surface area contributed by atoms with Crippen LogP contribution in [0.1, 0.15) is 41.6 Å². The van der Waals surface area contributed by atoms with Gasteiger partial charge in [0, 0.05) is 53.9 Å². The van der Waals surface area contributed by atoms with E-state index < -0.39 is 0 Å². The molecule has 5 aromatic rings. The van der Waals surface area contributed by atoms with Gasteiger partial charge < -0.3 is 18.7 Å². The number of pyridine rings is 1. The Balaban J connectivity index is 1.18. The number of carbonyl (C=O) groups is 1. The number of rotatable bonds is 8. The second-order valence-electron chi connectivity index (χ2n) is 10.4. The molecule has 2 aromatic carbocycles. The summed E-state index contributed by atoms with van der Waals surface area (Å²) in [4.78, 5) is 31.5. The number of aromatic nitrogens is 5. The molecule has 4 heterocycles. The highest BCUT2D eigenvalue weighted by Crippen LogP contribution is 2.37. The van der Waals surface area contributed by atoms with Crippen LogP contribution in [0.25, 0.3) is 22.0 Å². The number of likely N-dealkylation sites (tertiary alicyclic amines) is 1. The zero-order valence-corrected chi connectivity index (χ0v) is 23.1. The molecule has 0 N–H and O–H groups in total. The standard InChI is InChI=1S/C30H26N6O4S/c1-18-32-33-30(41-18)19-7-11-24(12-8-19)39-25-14-20(5-6-21(25)16-35-13-3-2-4-26(35)37)29-31-28(34-40-29)22-15-27(38)36(17-22)23-9-10-23/h2-8,11-14,22-23H,9-10,15-17H2,1H3/t22-/m0/s1. The highest BCUT2D eigenvalue weighted by Gasteiger charge is 2.41. The predicted molar refractivity (Wildman–Crippen MR) is 152 cm³/mol. The third kappa shape index (κ3) is 5.28. The van der Waals surface area contributed by atoms with Crippen molar-refractivity contribution in [3.8, 4) is 33.5 Å². The van der Waals surface area contributed by atoms with Gasteiger partial charge in [0.25, 0.3) is 11.4 Å². The lowest BCUT2D eigenvalue weighted by molar-refractivity contribution is -0.128. The Labute approximate surface area is 239 Å². The molecule has 0 spiro atoms. The topological polar surface area (TPSA) is 116 Å². The summed E-state index contributed by atoms with van der Waals surface area (Å²) < 4.78 is 13.6. The normalized spacial score (nSPS) is 16.9. The zero-order chi connectivity index (χ0) is 27.9. The van der Waals surface area contributed by atoms with Crippen LogP contribution in [-0.4, -0.2) is 48.3 Å². The minimum absolute atomic E-state index is 0.0733. The SMILES string of the molecule is Cc1nnc(-c2ccc(Oc3cc(-c4nc([C@H]5CC(=O)N(C6CC6)C5)no4)ccc3Cn3ccccc3=O)cc2)s1. The lowest BCUT2D eigenvalue weighted by atomic mass is 10.1. The molecule has 41 heavy (non-hydrogen) atoms. The molecule has 7 rings (SSSR count). The second kappa shape index (κ2) is 10.4.